The molecule has 4 aromatic rings. The molecule has 0 aliphatic heterocycles. The van der Waals surface area contributed by atoms with E-state index in [1.807, 2.05) is 18.2 Å². The van der Waals surface area contributed by atoms with Gasteiger partial charge < -0.3 is 25.2 Å². The van der Waals surface area contributed by atoms with Crippen molar-refractivity contribution < 1.29 is 29.0 Å². The highest BCUT2D eigenvalue weighted by Crippen LogP contribution is 2.25. The zero-order chi connectivity index (χ0) is 28.7. The van der Waals surface area contributed by atoms with Crippen molar-refractivity contribution in [3.63, 3.8) is 0 Å². The van der Waals surface area contributed by atoms with Crippen LogP contribution in [0, 0.1) is 0 Å². The lowest BCUT2D eigenvalue weighted by Gasteiger charge is -2.07. The van der Waals surface area contributed by atoms with Gasteiger partial charge in [-0.2, -0.15) is 5.10 Å². The van der Waals surface area contributed by atoms with Crippen LogP contribution in [-0.4, -0.2) is 75.1 Å². The fraction of sp³-hybridized carbons (Fsp3) is 0.222. The third-order valence-electron chi connectivity index (χ3n) is 5.16. The van der Waals surface area contributed by atoms with Crippen LogP contribution in [-0.2, 0) is 25.6 Å². The van der Waals surface area contributed by atoms with Crippen LogP contribution in [0.3, 0.4) is 0 Å². The highest BCUT2D eigenvalue weighted by atomic mass is 16.5. The average Bonchev–Trinajstić information content (AvgIpc) is 3.36. The van der Waals surface area contributed by atoms with Gasteiger partial charge in [0.1, 0.15) is 17.2 Å². The molecule has 0 unspecified atom stereocenters. The lowest BCUT2D eigenvalue weighted by Crippen LogP contribution is -2.14. The molecule has 4 rings (SSSR count). The molecule has 0 saturated carbocycles. The van der Waals surface area contributed by atoms with E-state index < -0.39 is 5.91 Å². The summed E-state index contributed by atoms with van der Waals surface area (Å²) in [5, 5.41) is 17.0. The SMILES string of the molecule is COCCOCCn1cc(NC(=O)c2cccc(-c3ccc(NC(C)=O)nc3)n2)c(-c2ccccn2)n1.O=CO. The number of nitrogens with zero attached hydrogens (tertiary/aromatic N) is 5. The molecule has 2 amide bonds. The van der Waals surface area contributed by atoms with E-state index in [1.54, 1.807) is 60.7 Å². The monoisotopic (exact) mass is 547 g/mol. The van der Waals surface area contributed by atoms with Gasteiger partial charge in [-0.15, -0.1) is 0 Å². The van der Waals surface area contributed by atoms with Gasteiger partial charge in [-0.3, -0.25) is 24.0 Å². The second-order valence-electron chi connectivity index (χ2n) is 8.06. The molecule has 40 heavy (non-hydrogen) atoms. The molecule has 0 spiro atoms. The first-order chi connectivity index (χ1) is 19.4. The molecule has 13 heteroatoms. The summed E-state index contributed by atoms with van der Waals surface area (Å²) in [6.07, 6.45) is 5.01. The van der Waals surface area contributed by atoms with Crippen LogP contribution in [0.25, 0.3) is 22.6 Å². The zero-order valence-electron chi connectivity index (χ0n) is 22.0. The number of carboxylic acid groups (broad SMARTS) is 1. The molecule has 13 nitrogen and oxygen atoms in total. The van der Waals surface area contributed by atoms with Gasteiger partial charge in [-0.25, -0.2) is 9.97 Å². The van der Waals surface area contributed by atoms with Gasteiger partial charge >= 0.3 is 0 Å². The number of amides is 2. The summed E-state index contributed by atoms with van der Waals surface area (Å²) >= 11 is 0. The maximum absolute atomic E-state index is 13.2. The standard InChI is InChI=1S/C26H27N7O4.CH2O2/c1-18(34)29-24-10-9-19(16-28-24)20-7-5-8-22(30-20)26(35)31-23-17-33(12-13-37-15-14-36-2)32-25(23)21-6-3-4-11-27-21;2-1-3/h3-11,16-17H,12-15H2,1-2H3,(H,31,35)(H,28,29,34);1H,(H,2,3). The number of rotatable bonds is 11. The first kappa shape index (κ1) is 29.5. The molecule has 0 aliphatic carbocycles. The molecule has 0 aromatic carbocycles. The van der Waals surface area contributed by atoms with Crippen LogP contribution in [0.5, 0.6) is 0 Å². The second kappa shape index (κ2) is 15.4. The number of methoxy groups -OCH3 is 1. The number of hydrogen-bond acceptors (Lipinski definition) is 9. The van der Waals surface area contributed by atoms with Crippen molar-refractivity contribution in [3.8, 4) is 22.6 Å². The average molecular weight is 548 g/mol. The molecular formula is C27H29N7O6. The van der Waals surface area contributed by atoms with E-state index in [4.69, 9.17) is 19.4 Å². The van der Waals surface area contributed by atoms with Crippen molar-refractivity contribution in [2.45, 2.75) is 13.5 Å². The number of pyridine rings is 3. The third-order valence-corrected chi connectivity index (χ3v) is 5.16. The number of hydrogen-bond donors (Lipinski definition) is 3. The second-order valence-corrected chi connectivity index (χ2v) is 8.06. The number of carbonyl (C=O) groups excluding carboxylic acids is 2. The molecule has 4 heterocycles. The van der Waals surface area contributed by atoms with Crippen LogP contribution in [0.15, 0.2) is 67.1 Å². The molecule has 0 radical (unpaired) electrons. The van der Waals surface area contributed by atoms with Crippen LogP contribution in [0.2, 0.25) is 0 Å². The first-order valence-electron chi connectivity index (χ1n) is 12.1. The summed E-state index contributed by atoms with van der Waals surface area (Å²) in [6.45, 7) is 3.11. The van der Waals surface area contributed by atoms with Gasteiger partial charge in [0, 0.05) is 38.2 Å². The normalized spacial score (nSPS) is 10.2. The van der Waals surface area contributed by atoms with E-state index in [9.17, 15) is 9.59 Å². The van der Waals surface area contributed by atoms with Crippen LogP contribution < -0.4 is 10.6 Å². The van der Waals surface area contributed by atoms with Crippen molar-refractivity contribution in [3.05, 3.63) is 72.8 Å². The predicted octanol–water partition coefficient (Wildman–Crippen LogP) is 2.98. The minimum atomic E-state index is -0.391. The smallest absolute Gasteiger partial charge is 0.290 e. The highest BCUT2D eigenvalue weighted by molar-refractivity contribution is 6.04. The summed E-state index contributed by atoms with van der Waals surface area (Å²) in [4.78, 5) is 45.8. The Morgan fingerprint density at radius 1 is 1.00 bits per heavy atom. The zero-order valence-corrected chi connectivity index (χ0v) is 22.0. The molecule has 4 aromatic heterocycles. The maximum atomic E-state index is 13.2. The van der Waals surface area contributed by atoms with E-state index in [-0.39, 0.29) is 18.1 Å². The predicted molar refractivity (Wildman–Crippen MR) is 147 cm³/mol. The Morgan fingerprint density at radius 2 is 1.80 bits per heavy atom. The Hall–Kier alpha value is -5.01. The first-order valence-corrected chi connectivity index (χ1v) is 12.1. The summed E-state index contributed by atoms with van der Waals surface area (Å²) in [5.74, 6) is -0.157. The molecule has 208 valence electrons. The number of nitrogens with one attached hydrogen (secondary N) is 2. The minimum Gasteiger partial charge on any atom is -0.483 e. The van der Waals surface area contributed by atoms with Crippen molar-refractivity contribution in [2.75, 3.05) is 37.6 Å². The topological polar surface area (TPSA) is 170 Å². The van der Waals surface area contributed by atoms with E-state index in [2.05, 4.69) is 30.7 Å². The van der Waals surface area contributed by atoms with Crippen molar-refractivity contribution >= 4 is 29.8 Å². The van der Waals surface area contributed by atoms with Crippen molar-refractivity contribution in [2.24, 2.45) is 0 Å². The Balaban J connectivity index is 0.00000141. The van der Waals surface area contributed by atoms with E-state index in [0.29, 0.717) is 60.5 Å². The van der Waals surface area contributed by atoms with Crippen molar-refractivity contribution in [1.29, 1.82) is 0 Å². The van der Waals surface area contributed by atoms with Gasteiger partial charge in [0.25, 0.3) is 12.4 Å². The number of carbonyl (C=O) groups is 3. The van der Waals surface area contributed by atoms with Gasteiger partial charge in [0.05, 0.1) is 43.4 Å². The van der Waals surface area contributed by atoms with Crippen LogP contribution in [0.4, 0.5) is 11.5 Å². The summed E-state index contributed by atoms with van der Waals surface area (Å²) in [5.41, 5.74) is 3.19. The number of ether oxygens (including phenoxy) is 2. The Kier molecular flexibility index (Phi) is 11.4. The lowest BCUT2D eigenvalue weighted by atomic mass is 10.1. The van der Waals surface area contributed by atoms with Crippen LogP contribution >= 0.6 is 0 Å². The minimum absolute atomic E-state index is 0.205. The highest BCUT2D eigenvalue weighted by Gasteiger charge is 2.17. The molecule has 0 bridgehead atoms. The van der Waals surface area contributed by atoms with Crippen molar-refractivity contribution in [1.82, 2.24) is 24.7 Å². The quantitative estimate of drug-likeness (QED) is 0.187. The fourth-order valence-corrected chi connectivity index (χ4v) is 3.43. The lowest BCUT2D eigenvalue weighted by molar-refractivity contribution is -0.123. The number of anilines is 2. The maximum Gasteiger partial charge on any atom is 0.290 e. The molecule has 0 saturated heterocycles. The largest absolute Gasteiger partial charge is 0.483 e. The molecule has 0 fully saturated rings. The fourth-order valence-electron chi connectivity index (χ4n) is 3.43. The Bertz CT molecular complexity index is 1390. The Morgan fingerprint density at radius 3 is 2.48 bits per heavy atom. The van der Waals surface area contributed by atoms with Gasteiger partial charge in [-0.1, -0.05) is 12.1 Å². The molecular weight excluding hydrogens is 518 g/mol. The van der Waals surface area contributed by atoms with E-state index >= 15 is 0 Å². The molecule has 3 N–H and O–H groups in total. The summed E-state index contributed by atoms with van der Waals surface area (Å²) < 4.78 is 12.2. The molecule has 0 aliphatic rings. The molecule has 0 atom stereocenters. The van der Waals surface area contributed by atoms with Gasteiger partial charge in [0.2, 0.25) is 5.91 Å². The van der Waals surface area contributed by atoms with E-state index in [1.165, 1.54) is 6.92 Å². The van der Waals surface area contributed by atoms with Gasteiger partial charge in [-0.05, 0) is 36.4 Å². The summed E-state index contributed by atoms with van der Waals surface area (Å²) in [7, 11) is 1.62. The van der Waals surface area contributed by atoms with E-state index in [0.717, 1.165) is 0 Å². The number of aromatic nitrogens is 5. The summed E-state index contributed by atoms with van der Waals surface area (Å²) in [6, 6.07) is 14.1. The third kappa shape index (κ3) is 8.79. The van der Waals surface area contributed by atoms with Crippen LogP contribution in [0.1, 0.15) is 17.4 Å². The van der Waals surface area contributed by atoms with Gasteiger partial charge in [0.15, 0.2) is 0 Å². The Labute approximate surface area is 230 Å².